The van der Waals surface area contributed by atoms with E-state index in [0.29, 0.717) is 13.1 Å². The van der Waals surface area contributed by atoms with E-state index in [1.54, 1.807) is 0 Å². The van der Waals surface area contributed by atoms with Gasteiger partial charge in [-0.2, -0.15) is 0 Å². The smallest absolute Gasteiger partial charge is 0.154 e. The highest BCUT2D eigenvalue weighted by atomic mass is 32.2. The highest BCUT2D eigenvalue weighted by molar-refractivity contribution is 7.90. The SMILES string of the molecule is CS(=O)(=O)[C@H](c1cc(F)cc(F)c1)C1CNC1. The summed E-state index contributed by atoms with van der Waals surface area (Å²) in [5, 5.41) is 2.12. The molecule has 1 atom stereocenters. The van der Waals surface area contributed by atoms with Gasteiger partial charge in [0, 0.05) is 31.3 Å². The minimum absolute atomic E-state index is 0.119. The lowest BCUT2D eigenvalue weighted by atomic mass is 9.93. The monoisotopic (exact) mass is 261 g/mol. The van der Waals surface area contributed by atoms with Crippen LogP contribution in [0.1, 0.15) is 10.8 Å². The van der Waals surface area contributed by atoms with E-state index in [9.17, 15) is 17.2 Å². The van der Waals surface area contributed by atoms with Crippen molar-refractivity contribution in [3.8, 4) is 0 Å². The Morgan fingerprint density at radius 3 is 2.12 bits per heavy atom. The molecule has 0 unspecified atom stereocenters. The number of nitrogens with one attached hydrogen (secondary N) is 1. The van der Waals surface area contributed by atoms with Crippen molar-refractivity contribution in [2.45, 2.75) is 5.25 Å². The molecule has 0 bridgehead atoms. The Kier molecular flexibility index (Phi) is 3.18. The van der Waals surface area contributed by atoms with Crippen molar-refractivity contribution in [1.29, 1.82) is 0 Å². The molecule has 1 aromatic carbocycles. The highest BCUT2D eigenvalue weighted by Crippen LogP contribution is 2.33. The van der Waals surface area contributed by atoms with Gasteiger partial charge in [-0.25, -0.2) is 17.2 Å². The quantitative estimate of drug-likeness (QED) is 0.891. The molecule has 1 aliphatic rings. The maximum Gasteiger partial charge on any atom is 0.154 e. The third-order valence-corrected chi connectivity index (χ3v) is 4.50. The fourth-order valence-corrected chi connectivity index (χ4v) is 3.66. The summed E-state index contributed by atoms with van der Waals surface area (Å²) in [6.07, 6.45) is 1.10. The molecule has 1 fully saturated rings. The van der Waals surface area contributed by atoms with Gasteiger partial charge in [0.15, 0.2) is 9.84 Å². The molecule has 94 valence electrons. The molecular formula is C11H13F2NO2S. The Bertz CT molecular complexity index is 506. The summed E-state index contributed by atoms with van der Waals surface area (Å²) in [5.41, 5.74) is 0.191. The molecule has 6 heteroatoms. The van der Waals surface area contributed by atoms with E-state index in [4.69, 9.17) is 0 Å². The largest absolute Gasteiger partial charge is 0.316 e. The molecule has 0 amide bonds. The maximum absolute atomic E-state index is 13.1. The van der Waals surface area contributed by atoms with Gasteiger partial charge in [-0.05, 0) is 17.7 Å². The van der Waals surface area contributed by atoms with Gasteiger partial charge in [0.25, 0.3) is 0 Å². The first kappa shape index (κ1) is 12.4. The van der Waals surface area contributed by atoms with Gasteiger partial charge in [-0.1, -0.05) is 0 Å². The van der Waals surface area contributed by atoms with Crippen LogP contribution in [0, 0.1) is 17.6 Å². The van der Waals surface area contributed by atoms with Crippen molar-refractivity contribution in [2.24, 2.45) is 5.92 Å². The number of benzene rings is 1. The number of hydrogen-bond acceptors (Lipinski definition) is 3. The fourth-order valence-electron chi connectivity index (χ4n) is 2.13. The first-order valence-corrected chi connectivity index (χ1v) is 7.19. The van der Waals surface area contributed by atoms with Crippen LogP contribution in [0.25, 0.3) is 0 Å². The molecule has 1 aliphatic heterocycles. The van der Waals surface area contributed by atoms with Crippen LogP contribution in [0.4, 0.5) is 8.78 Å². The minimum Gasteiger partial charge on any atom is -0.316 e. The van der Waals surface area contributed by atoms with Crippen molar-refractivity contribution < 1.29 is 17.2 Å². The van der Waals surface area contributed by atoms with Crippen LogP contribution in [-0.4, -0.2) is 27.8 Å². The van der Waals surface area contributed by atoms with Crippen LogP contribution in [0.15, 0.2) is 18.2 Å². The molecular weight excluding hydrogens is 248 g/mol. The number of hydrogen-bond donors (Lipinski definition) is 1. The zero-order valence-electron chi connectivity index (χ0n) is 9.28. The van der Waals surface area contributed by atoms with Crippen molar-refractivity contribution in [1.82, 2.24) is 5.32 Å². The van der Waals surface area contributed by atoms with Gasteiger partial charge in [0.1, 0.15) is 11.6 Å². The number of rotatable bonds is 3. The van der Waals surface area contributed by atoms with Gasteiger partial charge in [-0.3, -0.25) is 0 Å². The van der Waals surface area contributed by atoms with E-state index in [1.165, 1.54) is 0 Å². The summed E-state index contributed by atoms with van der Waals surface area (Å²) in [5.74, 6) is -1.62. The molecule has 2 rings (SSSR count). The van der Waals surface area contributed by atoms with Crippen LogP contribution in [-0.2, 0) is 9.84 Å². The van der Waals surface area contributed by atoms with Crippen molar-refractivity contribution >= 4 is 9.84 Å². The van der Waals surface area contributed by atoms with E-state index >= 15 is 0 Å². The highest BCUT2D eigenvalue weighted by Gasteiger charge is 2.35. The molecule has 1 saturated heterocycles. The van der Waals surface area contributed by atoms with Crippen LogP contribution in [0.5, 0.6) is 0 Å². The molecule has 0 saturated carbocycles. The Balaban J connectivity index is 2.45. The first-order valence-electron chi connectivity index (χ1n) is 5.23. The summed E-state index contributed by atoms with van der Waals surface area (Å²) in [7, 11) is -3.38. The van der Waals surface area contributed by atoms with Crippen LogP contribution in [0.2, 0.25) is 0 Å². The molecule has 1 N–H and O–H groups in total. The standard InChI is InChI=1S/C11H13F2NO2S/c1-17(15,16)11(8-5-14-6-8)7-2-9(12)4-10(13)3-7/h2-4,8,11,14H,5-6H2,1H3/t11-/m1/s1. The fraction of sp³-hybridized carbons (Fsp3) is 0.455. The molecule has 1 heterocycles. The Labute approximate surface area is 98.8 Å². The maximum atomic E-state index is 13.1. The van der Waals surface area contributed by atoms with Gasteiger partial charge in [0.05, 0.1) is 5.25 Å². The lowest BCUT2D eigenvalue weighted by molar-refractivity contribution is 0.331. The van der Waals surface area contributed by atoms with E-state index in [1.807, 2.05) is 0 Å². The molecule has 0 radical (unpaired) electrons. The Hall–Kier alpha value is -1.01. The first-order chi connectivity index (χ1) is 7.88. The molecule has 3 nitrogen and oxygen atoms in total. The van der Waals surface area contributed by atoms with Crippen LogP contribution < -0.4 is 5.32 Å². The molecule has 0 aliphatic carbocycles. The van der Waals surface area contributed by atoms with E-state index in [-0.39, 0.29) is 11.5 Å². The third-order valence-electron chi connectivity index (χ3n) is 2.92. The molecule has 0 spiro atoms. The summed E-state index contributed by atoms with van der Waals surface area (Å²) in [4.78, 5) is 0. The number of halogens is 2. The van der Waals surface area contributed by atoms with Gasteiger partial charge < -0.3 is 5.32 Å². The zero-order valence-corrected chi connectivity index (χ0v) is 10.1. The summed E-state index contributed by atoms with van der Waals surface area (Å²) in [6.45, 7) is 1.10. The minimum atomic E-state index is -3.38. The van der Waals surface area contributed by atoms with E-state index in [2.05, 4.69) is 5.32 Å². The average molecular weight is 261 g/mol. The van der Waals surface area contributed by atoms with Crippen LogP contribution in [0.3, 0.4) is 0 Å². The summed E-state index contributed by atoms with van der Waals surface area (Å²) < 4.78 is 49.7. The molecule has 17 heavy (non-hydrogen) atoms. The molecule has 1 aromatic rings. The van der Waals surface area contributed by atoms with Crippen molar-refractivity contribution in [3.63, 3.8) is 0 Å². The molecule has 0 aromatic heterocycles. The van der Waals surface area contributed by atoms with E-state index < -0.39 is 26.7 Å². The second-order valence-corrected chi connectivity index (χ2v) is 6.54. The predicted molar refractivity (Wildman–Crippen MR) is 60.3 cm³/mol. The van der Waals surface area contributed by atoms with Gasteiger partial charge in [-0.15, -0.1) is 0 Å². The predicted octanol–water partition coefficient (Wildman–Crippen LogP) is 1.27. The average Bonchev–Trinajstić information content (AvgIpc) is 2.06. The van der Waals surface area contributed by atoms with Crippen LogP contribution >= 0.6 is 0 Å². The number of sulfone groups is 1. The second kappa shape index (κ2) is 4.34. The normalized spacial score (nSPS) is 18.8. The van der Waals surface area contributed by atoms with Gasteiger partial charge in [0.2, 0.25) is 0 Å². The van der Waals surface area contributed by atoms with Crippen molar-refractivity contribution in [2.75, 3.05) is 19.3 Å². The van der Waals surface area contributed by atoms with E-state index in [0.717, 1.165) is 24.5 Å². The topological polar surface area (TPSA) is 46.2 Å². The third kappa shape index (κ3) is 2.63. The lowest BCUT2D eigenvalue weighted by Gasteiger charge is -2.33. The zero-order chi connectivity index (χ0) is 12.6. The van der Waals surface area contributed by atoms with Crippen molar-refractivity contribution in [3.05, 3.63) is 35.4 Å². The Morgan fingerprint density at radius 1 is 1.24 bits per heavy atom. The summed E-state index contributed by atoms with van der Waals surface area (Å²) >= 11 is 0. The lowest BCUT2D eigenvalue weighted by Crippen LogP contribution is -2.47. The van der Waals surface area contributed by atoms with Gasteiger partial charge >= 0.3 is 0 Å². The summed E-state index contributed by atoms with van der Waals surface area (Å²) in [6, 6.07) is 2.92. The second-order valence-electron chi connectivity index (χ2n) is 4.37. The Morgan fingerprint density at radius 2 is 1.76 bits per heavy atom.